The maximum Gasteiger partial charge on any atom is 0.318 e. The van der Waals surface area contributed by atoms with Crippen molar-refractivity contribution in [2.45, 2.75) is 31.1 Å². The van der Waals surface area contributed by atoms with E-state index in [9.17, 15) is 9.59 Å². The molecule has 1 aromatic carbocycles. The fourth-order valence-electron chi connectivity index (χ4n) is 2.91. The van der Waals surface area contributed by atoms with Gasteiger partial charge in [-0.1, -0.05) is 42.1 Å². The van der Waals surface area contributed by atoms with Gasteiger partial charge in [0.25, 0.3) is 0 Å². The minimum absolute atomic E-state index is 0.0551. The van der Waals surface area contributed by atoms with Crippen molar-refractivity contribution < 1.29 is 9.59 Å². The van der Waals surface area contributed by atoms with E-state index in [-0.39, 0.29) is 5.75 Å². The number of aromatic nitrogens is 3. The molecule has 0 aliphatic carbocycles. The number of hydrogen-bond acceptors (Lipinski definition) is 6. The molecule has 1 saturated heterocycles. The van der Waals surface area contributed by atoms with Crippen molar-refractivity contribution in [3.63, 3.8) is 0 Å². The standard InChI is InChI=1S/C17H22N6O2S/c18-16(25)19-15(24)12-26-17-21-20-14(11-22-8-4-5-9-22)23(17)10-13-6-2-1-3-7-13/h1-3,6-7H,4-5,8-12H2,(H3,18,19,24,25). The SMILES string of the molecule is NC(=O)NC(=O)CSc1nnc(CN2CCCC2)n1Cc1ccccc1. The molecule has 1 fully saturated rings. The fraction of sp³-hybridized carbons (Fsp3) is 0.412. The summed E-state index contributed by atoms with van der Waals surface area (Å²) in [6.07, 6.45) is 2.42. The number of benzene rings is 1. The van der Waals surface area contributed by atoms with Crippen LogP contribution in [0.1, 0.15) is 24.2 Å². The first kappa shape index (κ1) is 18.4. The number of nitrogens with two attached hydrogens (primary N) is 1. The Hall–Kier alpha value is -2.39. The Bertz CT molecular complexity index is 758. The van der Waals surface area contributed by atoms with Gasteiger partial charge in [-0.3, -0.25) is 15.0 Å². The van der Waals surface area contributed by atoms with Gasteiger partial charge in [0.05, 0.1) is 18.8 Å². The number of thioether (sulfide) groups is 1. The molecular formula is C17H22N6O2S. The molecule has 0 bridgehead atoms. The summed E-state index contributed by atoms with van der Waals surface area (Å²) in [4.78, 5) is 24.8. The molecule has 1 aliphatic heterocycles. The third-order valence-electron chi connectivity index (χ3n) is 4.14. The van der Waals surface area contributed by atoms with Crippen molar-refractivity contribution in [2.24, 2.45) is 5.73 Å². The van der Waals surface area contributed by atoms with Gasteiger partial charge < -0.3 is 10.3 Å². The van der Waals surface area contributed by atoms with Crippen LogP contribution >= 0.6 is 11.8 Å². The van der Waals surface area contributed by atoms with E-state index >= 15 is 0 Å². The maximum absolute atomic E-state index is 11.7. The van der Waals surface area contributed by atoms with E-state index in [2.05, 4.69) is 20.4 Å². The van der Waals surface area contributed by atoms with Crippen LogP contribution in [0.5, 0.6) is 0 Å². The van der Waals surface area contributed by atoms with Gasteiger partial charge in [0.1, 0.15) is 5.82 Å². The van der Waals surface area contributed by atoms with Crippen molar-refractivity contribution >= 4 is 23.7 Å². The Labute approximate surface area is 156 Å². The molecule has 1 aromatic heterocycles. The molecule has 0 spiro atoms. The summed E-state index contributed by atoms with van der Waals surface area (Å²) in [7, 11) is 0. The molecular weight excluding hydrogens is 352 g/mol. The number of hydrogen-bond donors (Lipinski definition) is 2. The van der Waals surface area contributed by atoms with Crippen LogP contribution in [-0.2, 0) is 17.9 Å². The second-order valence-electron chi connectivity index (χ2n) is 6.15. The van der Waals surface area contributed by atoms with Gasteiger partial charge in [-0.2, -0.15) is 0 Å². The van der Waals surface area contributed by atoms with E-state index in [1.165, 1.54) is 24.6 Å². The Morgan fingerprint density at radius 1 is 1.12 bits per heavy atom. The molecule has 2 aromatic rings. The summed E-state index contributed by atoms with van der Waals surface area (Å²) < 4.78 is 2.04. The molecule has 2 heterocycles. The molecule has 0 unspecified atom stereocenters. The molecule has 3 amide bonds. The lowest BCUT2D eigenvalue weighted by atomic mass is 10.2. The second kappa shape index (κ2) is 8.81. The van der Waals surface area contributed by atoms with Gasteiger partial charge >= 0.3 is 6.03 Å². The number of primary amides is 1. The van der Waals surface area contributed by atoms with Crippen LogP contribution in [0, 0.1) is 0 Å². The highest BCUT2D eigenvalue weighted by Gasteiger charge is 2.19. The van der Waals surface area contributed by atoms with E-state index in [1.807, 2.05) is 34.9 Å². The van der Waals surface area contributed by atoms with E-state index in [0.29, 0.717) is 11.7 Å². The summed E-state index contributed by atoms with van der Waals surface area (Å²) in [5.74, 6) is 0.492. The van der Waals surface area contributed by atoms with Crippen LogP contribution in [0.2, 0.25) is 0 Å². The van der Waals surface area contributed by atoms with Gasteiger partial charge in [0, 0.05) is 0 Å². The number of rotatable bonds is 7. The molecule has 3 N–H and O–H groups in total. The summed E-state index contributed by atoms with van der Waals surface area (Å²) in [5, 5.41) is 11.3. The summed E-state index contributed by atoms with van der Waals surface area (Å²) >= 11 is 1.25. The lowest BCUT2D eigenvalue weighted by molar-refractivity contribution is -0.117. The zero-order chi connectivity index (χ0) is 18.4. The van der Waals surface area contributed by atoms with Crippen molar-refractivity contribution in [3.05, 3.63) is 41.7 Å². The molecule has 9 heteroatoms. The Balaban J connectivity index is 1.75. The minimum Gasteiger partial charge on any atom is -0.351 e. The summed E-state index contributed by atoms with van der Waals surface area (Å²) in [6.45, 7) is 3.52. The predicted molar refractivity (Wildman–Crippen MR) is 98.5 cm³/mol. The van der Waals surface area contributed by atoms with Crippen LogP contribution in [0.4, 0.5) is 4.79 Å². The average molecular weight is 374 g/mol. The summed E-state index contributed by atoms with van der Waals surface area (Å²) in [5.41, 5.74) is 6.11. The van der Waals surface area contributed by atoms with E-state index in [1.54, 1.807) is 0 Å². The quantitative estimate of drug-likeness (QED) is 0.706. The lowest BCUT2D eigenvalue weighted by Gasteiger charge is -2.16. The minimum atomic E-state index is -0.851. The van der Waals surface area contributed by atoms with Crippen molar-refractivity contribution in [1.29, 1.82) is 0 Å². The Kier molecular flexibility index (Phi) is 6.24. The maximum atomic E-state index is 11.7. The normalized spacial score (nSPS) is 14.5. The topological polar surface area (TPSA) is 106 Å². The molecule has 0 radical (unpaired) electrons. The van der Waals surface area contributed by atoms with E-state index in [0.717, 1.165) is 31.0 Å². The summed E-state index contributed by atoms with van der Waals surface area (Å²) in [6, 6.07) is 9.21. The largest absolute Gasteiger partial charge is 0.351 e. The van der Waals surface area contributed by atoms with Gasteiger partial charge in [0.15, 0.2) is 5.16 Å². The molecule has 0 saturated carbocycles. The number of nitrogens with one attached hydrogen (secondary N) is 1. The van der Waals surface area contributed by atoms with Crippen LogP contribution < -0.4 is 11.1 Å². The number of likely N-dealkylation sites (tertiary alicyclic amines) is 1. The molecule has 8 nitrogen and oxygen atoms in total. The first-order chi connectivity index (χ1) is 12.6. The predicted octanol–water partition coefficient (Wildman–Crippen LogP) is 1.21. The Morgan fingerprint density at radius 2 is 1.85 bits per heavy atom. The van der Waals surface area contributed by atoms with Crippen molar-refractivity contribution in [3.8, 4) is 0 Å². The fourth-order valence-corrected chi connectivity index (χ4v) is 3.67. The zero-order valence-electron chi connectivity index (χ0n) is 14.4. The number of amides is 3. The molecule has 0 atom stereocenters. The number of nitrogens with zero attached hydrogens (tertiary/aromatic N) is 4. The van der Waals surface area contributed by atoms with Gasteiger partial charge in [-0.25, -0.2) is 4.79 Å². The number of urea groups is 1. The van der Waals surface area contributed by atoms with Crippen LogP contribution in [-0.4, -0.2) is 50.4 Å². The third-order valence-corrected chi connectivity index (χ3v) is 5.10. The third kappa shape index (κ3) is 5.06. The molecule has 3 rings (SSSR count). The van der Waals surface area contributed by atoms with Crippen LogP contribution in [0.15, 0.2) is 35.5 Å². The van der Waals surface area contributed by atoms with Crippen LogP contribution in [0.3, 0.4) is 0 Å². The van der Waals surface area contributed by atoms with Crippen LogP contribution in [0.25, 0.3) is 0 Å². The van der Waals surface area contributed by atoms with E-state index in [4.69, 9.17) is 5.73 Å². The highest BCUT2D eigenvalue weighted by Crippen LogP contribution is 2.20. The smallest absolute Gasteiger partial charge is 0.318 e. The monoisotopic (exact) mass is 374 g/mol. The zero-order valence-corrected chi connectivity index (χ0v) is 15.2. The molecule has 1 aliphatic rings. The highest BCUT2D eigenvalue weighted by molar-refractivity contribution is 7.99. The molecule has 26 heavy (non-hydrogen) atoms. The Morgan fingerprint density at radius 3 is 2.54 bits per heavy atom. The van der Waals surface area contributed by atoms with Gasteiger partial charge in [-0.15, -0.1) is 10.2 Å². The van der Waals surface area contributed by atoms with E-state index < -0.39 is 11.9 Å². The average Bonchev–Trinajstić information content (AvgIpc) is 3.25. The molecule has 138 valence electrons. The highest BCUT2D eigenvalue weighted by atomic mass is 32.2. The van der Waals surface area contributed by atoms with Gasteiger partial charge in [0.2, 0.25) is 5.91 Å². The first-order valence-electron chi connectivity index (χ1n) is 8.52. The number of imide groups is 1. The second-order valence-corrected chi connectivity index (χ2v) is 7.10. The number of carbonyl (C=O) groups excluding carboxylic acids is 2. The first-order valence-corrected chi connectivity index (χ1v) is 9.51. The van der Waals surface area contributed by atoms with Crippen molar-refractivity contribution in [1.82, 2.24) is 25.0 Å². The number of carbonyl (C=O) groups is 2. The lowest BCUT2D eigenvalue weighted by Crippen LogP contribution is -2.36. The van der Waals surface area contributed by atoms with Crippen molar-refractivity contribution in [2.75, 3.05) is 18.8 Å². The van der Waals surface area contributed by atoms with Gasteiger partial charge in [-0.05, 0) is 31.5 Å².